The van der Waals surface area contributed by atoms with Crippen LogP contribution >= 0.6 is 0 Å². The van der Waals surface area contributed by atoms with Crippen LogP contribution in [0.3, 0.4) is 0 Å². The van der Waals surface area contributed by atoms with Crippen LogP contribution in [0, 0.1) is 0 Å². The Balaban J connectivity index is 0.988. The molecule has 11 aromatic carbocycles. The molecule has 0 saturated heterocycles. The van der Waals surface area contributed by atoms with Gasteiger partial charge in [-0.15, -0.1) is 0 Å². The van der Waals surface area contributed by atoms with E-state index in [2.05, 4.69) is 217 Å². The van der Waals surface area contributed by atoms with E-state index in [0.29, 0.717) is 17.5 Å². The molecule has 0 amide bonds. The highest BCUT2D eigenvalue weighted by molar-refractivity contribution is 6.26. The predicted molar refractivity (Wildman–Crippen MR) is 273 cm³/mol. The van der Waals surface area contributed by atoms with Crippen LogP contribution in [0.2, 0.25) is 0 Å². The summed E-state index contributed by atoms with van der Waals surface area (Å²) in [6.07, 6.45) is 0. The van der Waals surface area contributed by atoms with Crippen molar-refractivity contribution in [1.82, 2.24) is 19.5 Å². The molecule has 0 saturated carbocycles. The zero-order valence-electron chi connectivity index (χ0n) is 35.5. The molecule has 14 aromatic rings. The number of hydrogen-bond acceptors (Lipinski definition) is 4. The van der Waals surface area contributed by atoms with E-state index in [4.69, 9.17) is 19.4 Å². The van der Waals surface area contributed by atoms with Gasteiger partial charge in [0.05, 0.1) is 16.7 Å². The summed E-state index contributed by atoms with van der Waals surface area (Å²) in [6.45, 7) is 0. The minimum atomic E-state index is 0.593. The normalized spacial score (nSPS) is 11.9. The minimum absolute atomic E-state index is 0.593. The molecule has 0 aliphatic rings. The molecular weight excluding hydrogens is 805 g/mol. The molecule has 3 aromatic heterocycles. The average Bonchev–Trinajstić information content (AvgIpc) is 3.92. The van der Waals surface area contributed by atoms with Crippen molar-refractivity contribution in [2.45, 2.75) is 0 Å². The maximum absolute atomic E-state index is 6.87. The zero-order valence-corrected chi connectivity index (χ0v) is 35.5. The molecule has 14 rings (SSSR count). The summed E-state index contributed by atoms with van der Waals surface area (Å²) < 4.78 is 9.31. The molecule has 0 unspecified atom stereocenters. The lowest BCUT2D eigenvalue weighted by atomic mass is 10.0. The van der Waals surface area contributed by atoms with Gasteiger partial charge in [-0.05, 0) is 97.4 Å². The highest BCUT2D eigenvalue weighted by Gasteiger charge is 2.22. The lowest BCUT2D eigenvalue weighted by Crippen LogP contribution is -2.00. The Morgan fingerprint density at radius 2 is 0.864 bits per heavy atom. The highest BCUT2D eigenvalue weighted by atomic mass is 16.3. The third kappa shape index (κ3) is 5.70. The summed E-state index contributed by atoms with van der Waals surface area (Å²) in [5.74, 6) is 1.82. The fourth-order valence-corrected chi connectivity index (χ4v) is 10.2. The largest absolute Gasteiger partial charge is 0.456 e. The number of furan rings is 1. The van der Waals surface area contributed by atoms with Gasteiger partial charge in [0.15, 0.2) is 17.5 Å². The molecule has 66 heavy (non-hydrogen) atoms. The summed E-state index contributed by atoms with van der Waals surface area (Å²) >= 11 is 0. The Kier molecular flexibility index (Phi) is 7.91. The van der Waals surface area contributed by atoms with Gasteiger partial charge in [-0.3, -0.25) is 0 Å². The quantitative estimate of drug-likeness (QED) is 0.173. The van der Waals surface area contributed by atoms with E-state index in [1.165, 1.54) is 37.7 Å². The van der Waals surface area contributed by atoms with Crippen molar-refractivity contribution in [2.24, 2.45) is 0 Å². The second-order valence-electron chi connectivity index (χ2n) is 17.2. The number of benzene rings is 11. The Morgan fingerprint density at radius 1 is 0.288 bits per heavy atom. The van der Waals surface area contributed by atoms with Gasteiger partial charge in [-0.2, -0.15) is 0 Å². The molecule has 5 heteroatoms. The van der Waals surface area contributed by atoms with E-state index in [1.807, 2.05) is 6.07 Å². The number of aromatic nitrogens is 4. The Labute approximate surface area is 378 Å². The SMILES string of the molecule is c1ccc(-c2cccc(-c3nc(-c4ccc5ccccc5c4)nc(-c4ccc5oc6cc(-n7c8cc9ccccc9cc8c8c9ccccc9ccc87)c7ccccc7c6c5c4)n3)c2)cc1. The van der Waals surface area contributed by atoms with Crippen molar-refractivity contribution in [3.63, 3.8) is 0 Å². The van der Waals surface area contributed by atoms with Crippen LogP contribution in [-0.4, -0.2) is 19.5 Å². The van der Waals surface area contributed by atoms with Crippen LogP contribution in [0.1, 0.15) is 0 Å². The highest BCUT2D eigenvalue weighted by Crippen LogP contribution is 2.44. The van der Waals surface area contributed by atoms with E-state index in [1.54, 1.807) is 0 Å². The number of nitrogens with zero attached hydrogens (tertiary/aromatic N) is 4. The first-order chi connectivity index (χ1) is 32.7. The smallest absolute Gasteiger partial charge is 0.164 e. The topological polar surface area (TPSA) is 56.7 Å². The van der Waals surface area contributed by atoms with Gasteiger partial charge in [-0.1, -0.05) is 164 Å². The van der Waals surface area contributed by atoms with E-state index in [0.717, 1.165) is 82.6 Å². The lowest BCUT2D eigenvalue weighted by Gasteiger charge is -2.13. The van der Waals surface area contributed by atoms with Gasteiger partial charge < -0.3 is 8.98 Å². The maximum atomic E-state index is 6.87. The van der Waals surface area contributed by atoms with Crippen molar-refractivity contribution >= 4 is 86.8 Å². The first kappa shape index (κ1) is 36.5. The van der Waals surface area contributed by atoms with E-state index in [-0.39, 0.29) is 0 Å². The zero-order chi connectivity index (χ0) is 43.3. The molecule has 0 fully saturated rings. The minimum Gasteiger partial charge on any atom is -0.456 e. The lowest BCUT2D eigenvalue weighted by molar-refractivity contribution is 0.669. The molecule has 0 aliphatic heterocycles. The van der Waals surface area contributed by atoms with Crippen LogP contribution in [0.5, 0.6) is 0 Å². The van der Waals surface area contributed by atoms with Gasteiger partial charge in [0.25, 0.3) is 0 Å². The van der Waals surface area contributed by atoms with Gasteiger partial charge in [0, 0.05) is 49.7 Å². The first-order valence-electron chi connectivity index (χ1n) is 22.3. The molecule has 0 spiro atoms. The van der Waals surface area contributed by atoms with Crippen LogP contribution in [0.4, 0.5) is 0 Å². The fraction of sp³-hybridized carbons (Fsp3) is 0. The Bertz CT molecular complexity index is 4300. The van der Waals surface area contributed by atoms with E-state index in [9.17, 15) is 0 Å². The molecular formula is C61H36N4O. The summed E-state index contributed by atoms with van der Waals surface area (Å²) in [4.78, 5) is 15.6. The summed E-state index contributed by atoms with van der Waals surface area (Å²) in [5, 5.41) is 14.0. The van der Waals surface area contributed by atoms with Crippen molar-refractivity contribution in [2.75, 3.05) is 0 Å². The Morgan fingerprint density at radius 3 is 1.65 bits per heavy atom. The predicted octanol–water partition coefficient (Wildman–Crippen LogP) is 16.1. The monoisotopic (exact) mass is 840 g/mol. The second-order valence-corrected chi connectivity index (χ2v) is 17.2. The van der Waals surface area contributed by atoms with Crippen LogP contribution in [0.15, 0.2) is 223 Å². The molecule has 5 nitrogen and oxygen atoms in total. The van der Waals surface area contributed by atoms with Crippen LogP contribution in [-0.2, 0) is 0 Å². The molecule has 0 N–H and O–H groups in total. The van der Waals surface area contributed by atoms with Crippen LogP contribution in [0.25, 0.3) is 138 Å². The molecule has 0 radical (unpaired) electrons. The van der Waals surface area contributed by atoms with Gasteiger partial charge in [0.2, 0.25) is 0 Å². The summed E-state index contributed by atoms with van der Waals surface area (Å²) in [6, 6.07) is 77.5. The van der Waals surface area contributed by atoms with Crippen molar-refractivity contribution in [3.05, 3.63) is 218 Å². The molecule has 306 valence electrons. The fourth-order valence-electron chi connectivity index (χ4n) is 10.2. The number of fused-ring (bicyclic) bond motifs is 12. The first-order valence-corrected chi connectivity index (χ1v) is 22.3. The van der Waals surface area contributed by atoms with Gasteiger partial charge in [0.1, 0.15) is 11.2 Å². The van der Waals surface area contributed by atoms with Crippen molar-refractivity contribution in [1.29, 1.82) is 0 Å². The maximum Gasteiger partial charge on any atom is 0.164 e. The number of hydrogen-bond donors (Lipinski definition) is 0. The van der Waals surface area contributed by atoms with Crippen LogP contribution < -0.4 is 0 Å². The van der Waals surface area contributed by atoms with Gasteiger partial charge >= 0.3 is 0 Å². The van der Waals surface area contributed by atoms with Crippen molar-refractivity contribution in [3.8, 4) is 51.0 Å². The third-order valence-corrected chi connectivity index (χ3v) is 13.3. The van der Waals surface area contributed by atoms with Gasteiger partial charge in [-0.25, -0.2) is 15.0 Å². The molecule has 0 aliphatic carbocycles. The van der Waals surface area contributed by atoms with E-state index >= 15 is 0 Å². The third-order valence-electron chi connectivity index (χ3n) is 13.3. The number of rotatable bonds is 5. The van der Waals surface area contributed by atoms with E-state index < -0.39 is 0 Å². The summed E-state index contributed by atoms with van der Waals surface area (Å²) in [7, 11) is 0. The molecule has 0 atom stereocenters. The Hall–Kier alpha value is -8.93. The molecule has 0 bridgehead atoms. The van der Waals surface area contributed by atoms with Crippen molar-refractivity contribution < 1.29 is 4.42 Å². The molecule has 3 heterocycles. The average molecular weight is 841 g/mol. The summed E-state index contributed by atoms with van der Waals surface area (Å²) in [5.41, 5.74) is 9.96. The standard InChI is InChI=1S/C61H36N4O/c1-2-13-37(14-3-1)41-20-12-21-44(31-41)59-62-60(45-26-25-38-15-4-5-17-40(38)32-45)64-61(63-59)46-28-30-55-51(34-46)58-49-24-11-10-23-48(49)54(36-56(58)66-55)65-52-29-27-39-16-8-9-22-47(39)57(52)50-33-42-18-6-7-19-43(42)35-53(50)65/h1-36H. The second kappa shape index (κ2) is 14.3.